The number of hydrogen-bond acceptors (Lipinski definition) is 8. The summed E-state index contributed by atoms with van der Waals surface area (Å²) < 4.78 is 82.2. The molecule has 0 fully saturated rings. The smallest absolute Gasteiger partial charge is 0.493 e. The highest BCUT2D eigenvalue weighted by Crippen LogP contribution is 2.39. The van der Waals surface area contributed by atoms with Crippen LogP contribution in [-0.4, -0.2) is 52.4 Å². The maximum absolute atomic E-state index is 14.7. The van der Waals surface area contributed by atoms with E-state index in [1.54, 1.807) is 12.1 Å². The largest absolute Gasteiger partial charge is 0.504 e. The maximum atomic E-state index is 14.7. The second kappa shape index (κ2) is 31.7. The standard InChI is InChI=1S/C49H82N2O8S2/c1-7-13-17-21-25-29-33-56-43-39-45(58-35-31-27-23-19-15-9-3)47(37-41(43)11-5)60(52,53)49(51-50)61(54,55)48-38-42(12-6)44(57-34-30-26-22-18-14-8-2)40-46(48)59-36-32-28-24-20-16-10-4/h37-40H,7-36H2,1-6H3. The highest BCUT2D eigenvalue weighted by Gasteiger charge is 2.47. The third-order valence-electron chi connectivity index (χ3n) is 11.2. The second-order valence-corrected chi connectivity index (χ2v) is 20.3. The van der Waals surface area contributed by atoms with Gasteiger partial charge in [-0.05, 0) is 61.8 Å². The summed E-state index contributed by atoms with van der Waals surface area (Å²) in [7, 11) is -9.99. The lowest BCUT2D eigenvalue weighted by atomic mass is 10.1. The maximum Gasteiger partial charge on any atom is 0.504 e. The molecule has 0 aromatic heterocycles. The molecule has 2 rings (SSSR count). The van der Waals surface area contributed by atoms with Crippen molar-refractivity contribution in [2.45, 2.75) is 218 Å². The van der Waals surface area contributed by atoms with E-state index < -0.39 is 24.1 Å². The molecule has 61 heavy (non-hydrogen) atoms. The number of ether oxygens (including phenoxy) is 4. The van der Waals surface area contributed by atoms with E-state index in [1.165, 1.54) is 50.7 Å². The van der Waals surface area contributed by atoms with Crippen LogP contribution in [0.2, 0.25) is 0 Å². The first-order valence-electron chi connectivity index (χ1n) is 24.1. The van der Waals surface area contributed by atoms with Gasteiger partial charge in [0.15, 0.2) is 0 Å². The van der Waals surface area contributed by atoms with Gasteiger partial charge in [-0.2, -0.15) is 0 Å². The summed E-state index contributed by atoms with van der Waals surface area (Å²) >= 11 is 0. The predicted molar refractivity (Wildman–Crippen MR) is 250 cm³/mol. The summed E-state index contributed by atoms with van der Waals surface area (Å²) in [6, 6.07) is 5.94. The van der Waals surface area contributed by atoms with Crippen LogP contribution in [0.5, 0.6) is 23.0 Å². The molecule has 12 heteroatoms. The van der Waals surface area contributed by atoms with Gasteiger partial charge in [0, 0.05) is 12.1 Å². The van der Waals surface area contributed by atoms with Gasteiger partial charge in [0.05, 0.1) is 26.4 Å². The third kappa shape index (κ3) is 19.1. The number of benzene rings is 2. The summed E-state index contributed by atoms with van der Waals surface area (Å²) in [5.74, 6) is 0.917. The van der Waals surface area contributed by atoms with E-state index >= 15 is 0 Å². The molecule has 0 atom stereocenters. The van der Waals surface area contributed by atoms with Crippen LogP contribution in [0.4, 0.5) is 0 Å². The Labute approximate surface area is 371 Å². The Balaban J connectivity index is 2.58. The quantitative estimate of drug-likeness (QED) is 0.0216. The Kier molecular flexibility index (Phi) is 28.1. The lowest BCUT2D eigenvalue weighted by Crippen LogP contribution is -2.27. The predicted octanol–water partition coefficient (Wildman–Crippen LogP) is 13.6. The van der Waals surface area contributed by atoms with Crippen molar-refractivity contribution in [3.05, 3.63) is 40.9 Å². The molecular weight excluding hydrogens is 809 g/mol. The lowest BCUT2D eigenvalue weighted by Gasteiger charge is -2.18. The molecule has 0 heterocycles. The highest BCUT2D eigenvalue weighted by molar-refractivity contribution is 8.31. The van der Waals surface area contributed by atoms with Crippen LogP contribution in [0.3, 0.4) is 0 Å². The van der Waals surface area contributed by atoms with Crippen LogP contribution < -0.4 is 18.9 Å². The number of sulfone groups is 2. The summed E-state index contributed by atoms with van der Waals surface area (Å²) in [4.78, 5) is 2.28. The molecule has 348 valence electrons. The van der Waals surface area contributed by atoms with Crippen LogP contribution in [0.25, 0.3) is 5.53 Å². The lowest BCUT2D eigenvalue weighted by molar-refractivity contribution is 0.00377. The fourth-order valence-electron chi connectivity index (χ4n) is 7.33. The molecule has 2 aromatic rings. The molecule has 0 unspecified atom stereocenters. The van der Waals surface area contributed by atoms with Crippen molar-refractivity contribution < 1.29 is 40.6 Å². The first-order chi connectivity index (χ1) is 29.6. The molecule has 0 aliphatic heterocycles. The van der Waals surface area contributed by atoms with E-state index in [0.29, 0.717) is 61.5 Å². The fourth-order valence-corrected chi connectivity index (χ4v) is 11.0. The van der Waals surface area contributed by atoms with Gasteiger partial charge in [-0.1, -0.05) is 170 Å². The number of rotatable bonds is 36. The van der Waals surface area contributed by atoms with Gasteiger partial charge in [0.2, 0.25) is 0 Å². The Morgan fingerprint density at radius 1 is 0.410 bits per heavy atom. The van der Waals surface area contributed by atoms with E-state index in [1.807, 2.05) is 13.8 Å². The molecule has 0 bridgehead atoms. The van der Waals surface area contributed by atoms with Gasteiger partial charge < -0.3 is 24.5 Å². The molecule has 0 saturated carbocycles. The van der Waals surface area contributed by atoms with Crippen molar-refractivity contribution in [2.24, 2.45) is 0 Å². The van der Waals surface area contributed by atoms with Crippen LogP contribution in [-0.2, 0) is 32.5 Å². The van der Waals surface area contributed by atoms with E-state index in [0.717, 1.165) is 103 Å². The summed E-state index contributed by atoms with van der Waals surface area (Å²) in [5, 5.41) is 0. The van der Waals surface area contributed by atoms with Crippen LogP contribution in [0.1, 0.15) is 207 Å². The number of unbranched alkanes of at least 4 members (excludes halogenated alkanes) is 20. The molecule has 0 amide bonds. The number of aryl methyl sites for hydroxylation is 2. The highest BCUT2D eigenvalue weighted by atomic mass is 32.3. The van der Waals surface area contributed by atoms with Crippen LogP contribution in [0, 0.1) is 0 Å². The minimum absolute atomic E-state index is 0.0349. The van der Waals surface area contributed by atoms with Gasteiger partial charge in [0.25, 0.3) is 19.7 Å². The van der Waals surface area contributed by atoms with Gasteiger partial charge in [-0.3, -0.25) is 0 Å². The van der Waals surface area contributed by atoms with Crippen molar-refractivity contribution in [1.29, 1.82) is 0 Å². The summed E-state index contributed by atoms with van der Waals surface area (Å²) in [6.07, 6.45) is 26.0. The minimum Gasteiger partial charge on any atom is -0.493 e. The molecule has 0 spiro atoms. The Bertz CT molecular complexity index is 1670. The monoisotopic (exact) mass is 891 g/mol. The third-order valence-corrected chi connectivity index (χ3v) is 15.4. The Morgan fingerprint density at radius 3 is 0.934 bits per heavy atom. The zero-order chi connectivity index (χ0) is 44.8. The second-order valence-electron chi connectivity index (χ2n) is 16.4. The van der Waals surface area contributed by atoms with Crippen LogP contribution in [0.15, 0.2) is 34.1 Å². The fraction of sp³-hybridized carbons (Fsp3) is 0.735. The number of nitrogens with zero attached hydrogens (tertiary/aromatic N) is 2. The summed E-state index contributed by atoms with van der Waals surface area (Å²) in [5.41, 5.74) is 11.6. The van der Waals surface area contributed by atoms with Crippen molar-refractivity contribution in [2.75, 3.05) is 26.4 Å². The topological polar surface area (TPSA) is 142 Å². The molecule has 0 saturated heterocycles. The normalized spacial score (nSPS) is 11.7. The molecule has 0 aliphatic carbocycles. The Hall–Kier alpha value is -3.08. The van der Waals surface area contributed by atoms with E-state index in [4.69, 9.17) is 18.9 Å². The van der Waals surface area contributed by atoms with Crippen molar-refractivity contribution >= 4 is 24.1 Å². The van der Waals surface area contributed by atoms with Crippen molar-refractivity contribution in [3.63, 3.8) is 0 Å². The van der Waals surface area contributed by atoms with Gasteiger partial charge >= 0.3 is 4.38 Å². The first-order valence-corrected chi connectivity index (χ1v) is 27.1. The van der Waals surface area contributed by atoms with Crippen LogP contribution >= 0.6 is 0 Å². The first kappa shape index (κ1) is 54.1. The molecule has 0 N–H and O–H groups in total. The zero-order valence-corrected chi connectivity index (χ0v) is 40.6. The molecular formula is C49H82N2O8S2. The molecule has 0 aliphatic rings. The van der Waals surface area contributed by atoms with Crippen molar-refractivity contribution in [3.8, 4) is 23.0 Å². The van der Waals surface area contributed by atoms with E-state index in [9.17, 15) is 22.4 Å². The minimum atomic E-state index is -5.00. The Morgan fingerprint density at radius 2 is 0.672 bits per heavy atom. The average molecular weight is 891 g/mol. The average Bonchev–Trinajstić information content (AvgIpc) is 3.24. The zero-order valence-electron chi connectivity index (χ0n) is 39.0. The number of hydrogen-bond donors (Lipinski definition) is 0. The van der Waals surface area contributed by atoms with E-state index in [2.05, 4.69) is 32.5 Å². The molecule has 2 aromatic carbocycles. The molecule has 0 radical (unpaired) electrons. The van der Waals surface area contributed by atoms with Gasteiger partial charge in [-0.25, -0.2) is 16.8 Å². The summed E-state index contributed by atoms with van der Waals surface area (Å²) in [6.45, 7) is 13.8. The van der Waals surface area contributed by atoms with Crippen molar-refractivity contribution in [1.82, 2.24) is 0 Å². The molecule has 10 nitrogen and oxygen atoms in total. The van der Waals surface area contributed by atoms with Gasteiger partial charge in [0.1, 0.15) is 32.8 Å². The van der Waals surface area contributed by atoms with E-state index in [-0.39, 0.29) is 34.5 Å². The SMILES string of the molecule is CCCCCCCCOc1cc(OCCCCCCCC)c(S(=O)(=O)C(=[N+]=[N-])S(=O)(=O)c2cc(CC)c(OCCCCCCCC)cc2OCCCCCCCC)cc1CC. The van der Waals surface area contributed by atoms with Gasteiger partial charge in [-0.15, -0.1) is 4.79 Å².